The van der Waals surface area contributed by atoms with Crippen LogP contribution in [0.15, 0.2) is 24.3 Å². The van der Waals surface area contributed by atoms with E-state index in [-0.39, 0.29) is 17.4 Å². The van der Waals surface area contributed by atoms with Gasteiger partial charge in [-0.1, -0.05) is 17.7 Å². The number of benzene rings is 1. The van der Waals surface area contributed by atoms with Crippen LogP contribution in [0.3, 0.4) is 0 Å². The Hall–Kier alpha value is -1.63. The summed E-state index contributed by atoms with van der Waals surface area (Å²) in [6.45, 7) is 10.7. The van der Waals surface area contributed by atoms with Gasteiger partial charge in [0.1, 0.15) is 0 Å². The van der Waals surface area contributed by atoms with E-state index in [1.807, 2.05) is 32.9 Å². The standard InChI is InChI=1S/C20H31ClN4O2/c1-20(2,3)23-19(27)15-25-10-5-9-24(12-13-25)11-8-18(26)22-17-7-4-6-16(21)14-17/h4,6-7,14H,5,8-13,15H2,1-3H3,(H,22,26)(H,23,27). The molecule has 0 bridgehead atoms. The summed E-state index contributed by atoms with van der Waals surface area (Å²) in [4.78, 5) is 28.7. The average Bonchev–Trinajstić information content (AvgIpc) is 2.76. The van der Waals surface area contributed by atoms with E-state index in [1.165, 1.54) is 0 Å². The number of hydrogen-bond donors (Lipinski definition) is 2. The number of carbonyl (C=O) groups is 2. The van der Waals surface area contributed by atoms with Crippen molar-refractivity contribution in [3.05, 3.63) is 29.3 Å². The Bertz CT molecular complexity index is 645. The zero-order chi connectivity index (χ0) is 19.9. The molecule has 27 heavy (non-hydrogen) atoms. The maximum Gasteiger partial charge on any atom is 0.234 e. The maximum absolute atomic E-state index is 12.2. The number of hydrogen-bond acceptors (Lipinski definition) is 4. The zero-order valence-electron chi connectivity index (χ0n) is 16.6. The Morgan fingerprint density at radius 2 is 1.78 bits per heavy atom. The molecule has 0 radical (unpaired) electrons. The van der Waals surface area contributed by atoms with Crippen molar-refractivity contribution in [2.24, 2.45) is 0 Å². The predicted octanol–water partition coefficient (Wildman–Crippen LogP) is 2.59. The number of anilines is 1. The Labute approximate surface area is 167 Å². The normalized spacial score (nSPS) is 16.6. The summed E-state index contributed by atoms with van der Waals surface area (Å²) >= 11 is 5.94. The van der Waals surface area contributed by atoms with Crippen LogP contribution < -0.4 is 10.6 Å². The highest BCUT2D eigenvalue weighted by Gasteiger charge is 2.20. The summed E-state index contributed by atoms with van der Waals surface area (Å²) in [5.41, 5.74) is 0.519. The molecule has 1 saturated heterocycles. The third-order valence-electron chi connectivity index (χ3n) is 4.33. The predicted molar refractivity (Wildman–Crippen MR) is 110 cm³/mol. The molecule has 2 rings (SSSR count). The van der Waals surface area contributed by atoms with Crippen LogP contribution in [0.25, 0.3) is 0 Å². The summed E-state index contributed by atoms with van der Waals surface area (Å²) in [5, 5.41) is 6.50. The molecule has 0 atom stereocenters. The molecule has 1 aromatic rings. The van der Waals surface area contributed by atoms with Crippen molar-refractivity contribution in [1.29, 1.82) is 0 Å². The molecular weight excluding hydrogens is 364 g/mol. The van der Waals surface area contributed by atoms with Crippen LogP contribution in [0.4, 0.5) is 5.69 Å². The molecule has 1 fully saturated rings. The Kier molecular flexibility index (Phi) is 8.07. The highest BCUT2D eigenvalue weighted by atomic mass is 35.5. The molecule has 1 aliphatic heterocycles. The second-order valence-electron chi connectivity index (χ2n) is 8.08. The topological polar surface area (TPSA) is 64.7 Å². The van der Waals surface area contributed by atoms with Crippen molar-refractivity contribution in [2.75, 3.05) is 44.6 Å². The number of nitrogens with zero attached hydrogens (tertiary/aromatic N) is 2. The second-order valence-corrected chi connectivity index (χ2v) is 8.51. The van der Waals surface area contributed by atoms with Gasteiger partial charge in [0.15, 0.2) is 0 Å². The van der Waals surface area contributed by atoms with Gasteiger partial charge in [-0.15, -0.1) is 0 Å². The lowest BCUT2D eigenvalue weighted by atomic mass is 10.1. The second kappa shape index (κ2) is 10.1. The number of carbonyl (C=O) groups excluding carboxylic acids is 2. The van der Waals surface area contributed by atoms with Gasteiger partial charge in [-0.05, 0) is 58.5 Å². The van der Waals surface area contributed by atoms with E-state index in [9.17, 15) is 9.59 Å². The fourth-order valence-electron chi connectivity index (χ4n) is 3.12. The van der Waals surface area contributed by atoms with E-state index in [1.54, 1.807) is 12.1 Å². The minimum Gasteiger partial charge on any atom is -0.350 e. The lowest BCUT2D eigenvalue weighted by molar-refractivity contribution is -0.123. The molecule has 2 N–H and O–H groups in total. The molecular formula is C20H31ClN4O2. The Balaban J connectivity index is 1.71. The molecule has 1 heterocycles. The molecule has 0 saturated carbocycles. The van der Waals surface area contributed by atoms with Crippen molar-refractivity contribution in [3.8, 4) is 0 Å². The zero-order valence-corrected chi connectivity index (χ0v) is 17.3. The quantitative estimate of drug-likeness (QED) is 0.778. The first-order chi connectivity index (χ1) is 12.7. The highest BCUT2D eigenvalue weighted by molar-refractivity contribution is 6.30. The fourth-order valence-corrected chi connectivity index (χ4v) is 3.31. The van der Waals surface area contributed by atoms with Gasteiger partial charge in [0.2, 0.25) is 11.8 Å². The first-order valence-electron chi connectivity index (χ1n) is 9.52. The molecule has 0 spiro atoms. The Morgan fingerprint density at radius 3 is 2.48 bits per heavy atom. The van der Waals surface area contributed by atoms with Crippen LogP contribution in [0.1, 0.15) is 33.6 Å². The van der Waals surface area contributed by atoms with Gasteiger partial charge < -0.3 is 15.5 Å². The summed E-state index contributed by atoms with van der Waals surface area (Å²) in [6.07, 6.45) is 1.44. The number of amides is 2. The average molecular weight is 395 g/mol. The van der Waals surface area contributed by atoms with E-state index >= 15 is 0 Å². The molecule has 1 aromatic carbocycles. The summed E-state index contributed by atoms with van der Waals surface area (Å²) in [6, 6.07) is 7.17. The number of halogens is 1. The van der Waals surface area contributed by atoms with Crippen molar-refractivity contribution in [3.63, 3.8) is 0 Å². The van der Waals surface area contributed by atoms with Gasteiger partial charge in [-0.3, -0.25) is 14.5 Å². The van der Waals surface area contributed by atoms with E-state index < -0.39 is 0 Å². The van der Waals surface area contributed by atoms with Crippen LogP contribution in [-0.4, -0.2) is 66.4 Å². The van der Waals surface area contributed by atoms with Crippen LogP contribution in [-0.2, 0) is 9.59 Å². The molecule has 2 amide bonds. The number of nitrogens with one attached hydrogen (secondary N) is 2. The van der Waals surface area contributed by atoms with E-state index in [4.69, 9.17) is 11.6 Å². The summed E-state index contributed by atoms with van der Waals surface area (Å²) in [7, 11) is 0. The minimum atomic E-state index is -0.203. The fraction of sp³-hybridized carbons (Fsp3) is 0.600. The third-order valence-corrected chi connectivity index (χ3v) is 4.56. The van der Waals surface area contributed by atoms with Crippen LogP contribution >= 0.6 is 11.6 Å². The third kappa shape index (κ3) is 8.73. The molecule has 1 aliphatic rings. The molecule has 6 nitrogen and oxygen atoms in total. The van der Waals surface area contributed by atoms with Gasteiger partial charge in [0.25, 0.3) is 0 Å². The lowest BCUT2D eigenvalue weighted by Gasteiger charge is -2.25. The van der Waals surface area contributed by atoms with Crippen LogP contribution in [0.2, 0.25) is 5.02 Å². The van der Waals surface area contributed by atoms with Crippen molar-refractivity contribution >= 4 is 29.1 Å². The van der Waals surface area contributed by atoms with Crippen LogP contribution in [0, 0.1) is 0 Å². The van der Waals surface area contributed by atoms with Crippen LogP contribution in [0.5, 0.6) is 0 Å². The van der Waals surface area contributed by atoms with Gasteiger partial charge in [-0.25, -0.2) is 0 Å². The SMILES string of the molecule is CC(C)(C)NC(=O)CN1CCCN(CCC(=O)Nc2cccc(Cl)c2)CC1. The van der Waals surface area contributed by atoms with Crippen molar-refractivity contribution in [1.82, 2.24) is 15.1 Å². The largest absolute Gasteiger partial charge is 0.350 e. The van der Waals surface area contributed by atoms with E-state index in [2.05, 4.69) is 20.4 Å². The summed E-state index contributed by atoms with van der Waals surface area (Å²) in [5.74, 6) is 0.0553. The number of rotatable bonds is 6. The Morgan fingerprint density at radius 1 is 1.07 bits per heavy atom. The van der Waals surface area contributed by atoms with Crippen molar-refractivity contribution in [2.45, 2.75) is 39.2 Å². The molecule has 150 valence electrons. The molecule has 0 aromatic heterocycles. The first-order valence-corrected chi connectivity index (χ1v) is 9.90. The van der Waals surface area contributed by atoms with Gasteiger partial charge in [0.05, 0.1) is 6.54 Å². The van der Waals surface area contributed by atoms with Crippen molar-refractivity contribution < 1.29 is 9.59 Å². The smallest absolute Gasteiger partial charge is 0.234 e. The lowest BCUT2D eigenvalue weighted by Crippen LogP contribution is -2.46. The molecule has 0 aliphatic carbocycles. The highest BCUT2D eigenvalue weighted by Crippen LogP contribution is 2.15. The van der Waals surface area contributed by atoms with Gasteiger partial charge in [-0.2, -0.15) is 0 Å². The maximum atomic E-state index is 12.2. The van der Waals surface area contributed by atoms with E-state index in [0.717, 1.165) is 38.3 Å². The minimum absolute atomic E-state index is 0.0112. The monoisotopic (exact) mass is 394 g/mol. The van der Waals surface area contributed by atoms with Gasteiger partial charge >= 0.3 is 0 Å². The summed E-state index contributed by atoms with van der Waals surface area (Å²) < 4.78 is 0. The van der Waals surface area contributed by atoms with Gasteiger partial charge in [0, 0.05) is 42.3 Å². The van der Waals surface area contributed by atoms with E-state index in [0.29, 0.717) is 24.5 Å². The molecule has 7 heteroatoms. The molecule has 0 unspecified atom stereocenters. The first kappa shape index (κ1) is 21.7.